The van der Waals surface area contributed by atoms with Crippen LogP contribution in [0, 0.1) is 11.2 Å². The summed E-state index contributed by atoms with van der Waals surface area (Å²) in [6.45, 7) is 6.78. The first-order valence-corrected chi connectivity index (χ1v) is 6.38. The first kappa shape index (κ1) is 12.4. The molecule has 1 heterocycles. The van der Waals surface area contributed by atoms with E-state index in [1.165, 1.54) is 18.9 Å². The van der Waals surface area contributed by atoms with Crippen molar-refractivity contribution < 1.29 is 4.39 Å². The summed E-state index contributed by atoms with van der Waals surface area (Å²) in [6, 6.07) is 5.22. The van der Waals surface area contributed by atoms with Crippen molar-refractivity contribution >= 4 is 5.69 Å². The number of rotatable bonds is 4. The summed E-state index contributed by atoms with van der Waals surface area (Å²) in [7, 11) is 0. The average Bonchev–Trinajstić information content (AvgIpc) is 2.29. The lowest BCUT2D eigenvalue weighted by molar-refractivity contribution is 0.194. The van der Waals surface area contributed by atoms with Gasteiger partial charge in [0.25, 0.3) is 0 Å². The quantitative estimate of drug-likeness (QED) is 0.871. The van der Waals surface area contributed by atoms with E-state index in [0.29, 0.717) is 11.0 Å². The van der Waals surface area contributed by atoms with Crippen LogP contribution in [-0.2, 0) is 6.54 Å². The van der Waals surface area contributed by atoms with Crippen LogP contribution in [0.2, 0.25) is 0 Å². The normalized spacial score (nSPS) is 18.0. The number of hydrogen-bond donors (Lipinski definition) is 1. The molecule has 17 heavy (non-hydrogen) atoms. The van der Waals surface area contributed by atoms with Crippen LogP contribution in [-0.4, -0.2) is 13.1 Å². The molecule has 0 spiro atoms. The van der Waals surface area contributed by atoms with Crippen LogP contribution in [0.3, 0.4) is 0 Å². The molecule has 1 aliphatic rings. The molecule has 1 saturated heterocycles. The Hall–Kier alpha value is -1.09. The van der Waals surface area contributed by atoms with Crippen LogP contribution in [0.1, 0.15) is 32.3 Å². The predicted octanol–water partition coefficient (Wildman–Crippen LogP) is 2.91. The van der Waals surface area contributed by atoms with Gasteiger partial charge in [-0.3, -0.25) is 0 Å². The second-order valence-corrected chi connectivity index (χ2v) is 5.00. The average molecular weight is 236 g/mol. The molecule has 2 nitrogen and oxygen atoms in total. The van der Waals surface area contributed by atoms with Crippen LogP contribution < -0.4 is 10.6 Å². The number of benzene rings is 1. The third-order valence-corrected chi connectivity index (χ3v) is 4.19. The van der Waals surface area contributed by atoms with E-state index in [1.807, 2.05) is 6.07 Å². The summed E-state index contributed by atoms with van der Waals surface area (Å²) < 4.78 is 13.6. The van der Waals surface area contributed by atoms with Gasteiger partial charge in [-0.15, -0.1) is 0 Å². The summed E-state index contributed by atoms with van der Waals surface area (Å²) in [5, 5.41) is 0. The second-order valence-electron chi connectivity index (χ2n) is 5.00. The largest absolute Gasteiger partial charge is 0.370 e. The van der Waals surface area contributed by atoms with Crippen molar-refractivity contribution in [2.45, 2.75) is 33.2 Å². The Balaban J connectivity index is 2.19. The summed E-state index contributed by atoms with van der Waals surface area (Å²) in [5.74, 6) is -0.185. The molecule has 0 bridgehead atoms. The van der Waals surface area contributed by atoms with Gasteiger partial charge in [0, 0.05) is 36.3 Å². The topological polar surface area (TPSA) is 29.3 Å². The highest BCUT2D eigenvalue weighted by Crippen LogP contribution is 2.41. The van der Waals surface area contributed by atoms with Gasteiger partial charge < -0.3 is 10.6 Å². The van der Waals surface area contributed by atoms with Gasteiger partial charge in [-0.1, -0.05) is 19.9 Å². The molecule has 0 unspecified atom stereocenters. The minimum Gasteiger partial charge on any atom is -0.370 e. The lowest BCUT2D eigenvalue weighted by atomic mass is 9.74. The van der Waals surface area contributed by atoms with Gasteiger partial charge in [-0.25, -0.2) is 4.39 Å². The molecule has 3 heteroatoms. The van der Waals surface area contributed by atoms with E-state index in [0.717, 1.165) is 18.8 Å². The molecule has 2 rings (SSSR count). The highest BCUT2D eigenvalue weighted by molar-refractivity contribution is 5.56. The zero-order valence-corrected chi connectivity index (χ0v) is 10.7. The van der Waals surface area contributed by atoms with Crippen molar-refractivity contribution in [3.8, 4) is 0 Å². The Morgan fingerprint density at radius 2 is 1.94 bits per heavy atom. The fourth-order valence-electron chi connectivity index (χ4n) is 2.68. The van der Waals surface area contributed by atoms with E-state index >= 15 is 0 Å². The molecule has 0 atom stereocenters. The van der Waals surface area contributed by atoms with Crippen molar-refractivity contribution in [3.05, 3.63) is 29.6 Å². The lowest BCUT2D eigenvalue weighted by Crippen LogP contribution is -2.56. The van der Waals surface area contributed by atoms with E-state index in [1.54, 1.807) is 6.07 Å². The molecule has 1 aliphatic heterocycles. The first-order chi connectivity index (χ1) is 8.15. The summed E-state index contributed by atoms with van der Waals surface area (Å²) in [4.78, 5) is 2.25. The van der Waals surface area contributed by atoms with E-state index in [4.69, 9.17) is 5.73 Å². The highest BCUT2D eigenvalue weighted by atomic mass is 19.1. The third kappa shape index (κ3) is 2.04. The zero-order chi connectivity index (χ0) is 12.5. The zero-order valence-electron chi connectivity index (χ0n) is 10.7. The smallest absolute Gasteiger partial charge is 0.129 e. The predicted molar refractivity (Wildman–Crippen MR) is 69.5 cm³/mol. The molecule has 0 aromatic heterocycles. The molecule has 0 radical (unpaired) electrons. The molecule has 0 saturated carbocycles. The number of hydrogen-bond acceptors (Lipinski definition) is 2. The van der Waals surface area contributed by atoms with Crippen molar-refractivity contribution in [3.63, 3.8) is 0 Å². The molecule has 1 aromatic carbocycles. The first-order valence-electron chi connectivity index (χ1n) is 6.38. The summed E-state index contributed by atoms with van der Waals surface area (Å²) >= 11 is 0. The molecule has 0 aliphatic carbocycles. The minimum atomic E-state index is -0.185. The number of nitrogens with zero attached hydrogens (tertiary/aromatic N) is 1. The number of halogens is 1. The Labute approximate surface area is 103 Å². The summed E-state index contributed by atoms with van der Waals surface area (Å²) in [6.07, 6.45) is 2.38. The van der Waals surface area contributed by atoms with Crippen LogP contribution in [0.15, 0.2) is 18.2 Å². The van der Waals surface area contributed by atoms with Crippen LogP contribution in [0.4, 0.5) is 10.1 Å². The molecule has 1 fully saturated rings. The van der Waals surface area contributed by atoms with Crippen LogP contribution in [0.25, 0.3) is 0 Å². The van der Waals surface area contributed by atoms with Gasteiger partial charge in [0.2, 0.25) is 0 Å². The van der Waals surface area contributed by atoms with E-state index in [2.05, 4.69) is 18.7 Å². The Morgan fingerprint density at radius 1 is 1.29 bits per heavy atom. The minimum absolute atomic E-state index is 0.185. The Morgan fingerprint density at radius 3 is 2.47 bits per heavy atom. The molecule has 0 amide bonds. The highest BCUT2D eigenvalue weighted by Gasteiger charge is 2.40. The van der Waals surface area contributed by atoms with Crippen molar-refractivity contribution in [2.75, 3.05) is 18.0 Å². The van der Waals surface area contributed by atoms with Gasteiger partial charge in [0.05, 0.1) is 0 Å². The molecular formula is C14H21FN2. The Kier molecular flexibility index (Phi) is 3.38. The van der Waals surface area contributed by atoms with Crippen LogP contribution in [0.5, 0.6) is 0 Å². The third-order valence-electron chi connectivity index (χ3n) is 4.19. The fourth-order valence-corrected chi connectivity index (χ4v) is 2.68. The molecular weight excluding hydrogens is 215 g/mol. The van der Waals surface area contributed by atoms with Gasteiger partial charge in [0.15, 0.2) is 0 Å². The molecule has 2 N–H and O–H groups in total. The lowest BCUT2D eigenvalue weighted by Gasteiger charge is -2.51. The SMILES string of the molecule is CCC1(CC)CN(c2cccc(F)c2CN)C1. The van der Waals surface area contributed by atoms with E-state index in [9.17, 15) is 4.39 Å². The number of anilines is 1. The van der Waals surface area contributed by atoms with Crippen molar-refractivity contribution in [1.82, 2.24) is 0 Å². The maximum Gasteiger partial charge on any atom is 0.129 e. The van der Waals surface area contributed by atoms with Crippen molar-refractivity contribution in [1.29, 1.82) is 0 Å². The van der Waals surface area contributed by atoms with Gasteiger partial charge in [0.1, 0.15) is 5.82 Å². The maximum atomic E-state index is 13.6. The second kappa shape index (κ2) is 4.65. The monoisotopic (exact) mass is 236 g/mol. The number of nitrogens with two attached hydrogens (primary N) is 1. The Bertz CT molecular complexity index is 391. The fraction of sp³-hybridized carbons (Fsp3) is 0.571. The summed E-state index contributed by atoms with van der Waals surface area (Å²) in [5.41, 5.74) is 7.69. The van der Waals surface area contributed by atoms with Crippen molar-refractivity contribution in [2.24, 2.45) is 11.1 Å². The van der Waals surface area contributed by atoms with Gasteiger partial charge in [-0.05, 0) is 25.0 Å². The van der Waals surface area contributed by atoms with E-state index < -0.39 is 0 Å². The molecule has 1 aromatic rings. The van der Waals surface area contributed by atoms with Gasteiger partial charge in [-0.2, -0.15) is 0 Å². The van der Waals surface area contributed by atoms with Gasteiger partial charge >= 0.3 is 0 Å². The molecule has 94 valence electrons. The standard InChI is InChI=1S/C14H21FN2/c1-3-14(4-2)9-17(10-14)13-7-5-6-12(15)11(13)8-16/h5-7H,3-4,8-10,16H2,1-2H3. The maximum absolute atomic E-state index is 13.6. The van der Waals surface area contributed by atoms with Crippen LogP contribution >= 0.6 is 0 Å². The van der Waals surface area contributed by atoms with E-state index in [-0.39, 0.29) is 12.4 Å².